The summed E-state index contributed by atoms with van der Waals surface area (Å²) in [6.45, 7) is -0.201. The van der Waals surface area contributed by atoms with Crippen LogP contribution in [0.25, 0.3) is 0 Å². The van der Waals surface area contributed by atoms with Crippen LogP contribution in [0.5, 0.6) is 17.2 Å². The molecule has 6 nitrogen and oxygen atoms in total. The molecule has 0 heterocycles. The number of carbonyl (C=O) groups excluding carboxylic acids is 1. The van der Waals surface area contributed by atoms with Gasteiger partial charge in [-0.05, 0) is 35.9 Å². The van der Waals surface area contributed by atoms with Crippen LogP contribution in [0.1, 0.15) is 12.0 Å². The second-order valence-corrected chi connectivity index (χ2v) is 5.91. The smallest absolute Gasteiger partial charge is 0.416 e. The second kappa shape index (κ2) is 8.45. The van der Waals surface area contributed by atoms with Crippen LogP contribution in [0.3, 0.4) is 0 Å². The van der Waals surface area contributed by atoms with Gasteiger partial charge in [0.15, 0.2) is 0 Å². The Hall–Kier alpha value is -2.52. The average molecular weight is 424 g/mol. The molecule has 0 atom stereocenters. The fraction of sp³-hybridized carbons (Fsp3) is 0.188. The lowest BCUT2D eigenvalue weighted by atomic mass is 10.2. The number of ether oxygens (including phenoxy) is 2. The summed E-state index contributed by atoms with van der Waals surface area (Å²) in [6.07, 6.45) is -4.73. The number of benzene rings is 2. The van der Waals surface area contributed by atoms with Crippen molar-refractivity contribution in [3.05, 3.63) is 57.1 Å². The lowest BCUT2D eigenvalue weighted by Crippen LogP contribution is -2.05. The molecule has 0 aliphatic heterocycles. The minimum atomic E-state index is -4.56. The number of halogens is 5. The van der Waals surface area contributed by atoms with Crippen molar-refractivity contribution in [3.8, 4) is 17.2 Å². The summed E-state index contributed by atoms with van der Waals surface area (Å²) in [5.41, 5.74) is -1.33. The Bertz CT molecular complexity index is 874. The normalized spacial score (nSPS) is 11.1. The second-order valence-electron chi connectivity index (χ2n) is 5.09. The lowest BCUT2D eigenvalue weighted by molar-refractivity contribution is -0.385. The highest BCUT2D eigenvalue weighted by atomic mass is 35.5. The molecule has 2 aromatic carbocycles. The van der Waals surface area contributed by atoms with E-state index in [1.165, 1.54) is 6.07 Å². The minimum absolute atomic E-state index is 0.0365. The van der Waals surface area contributed by atoms with Crippen molar-refractivity contribution in [1.82, 2.24) is 0 Å². The van der Waals surface area contributed by atoms with Crippen molar-refractivity contribution in [1.29, 1.82) is 0 Å². The zero-order valence-corrected chi connectivity index (χ0v) is 14.8. The number of alkyl halides is 3. The SMILES string of the molecule is O=C(Cl)CCOc1cc(Oc2ccc(C(F)(F)F)cc2Cl)ccc1[N+](=O)[O-]. The van der Waals surface area contributed by atoms with Crippen molar-refractivity contribution in [2.45, 2.75) is 12.6 Å². The number of nitro groups is 1. The standard InChI is InChI=1S/C16H10Cl2F3NO5/c17-11-7-9(16(19,20)21)1-4-13(11)27-10-2-3-12(22(24)25)14(8-10)26-6-5-15(18)23/h1-4,7-8H,5-6H2. The van der Waals surface area contributed by atoms with Gasteiger partial charge >= 0.3 is 11.9 Å². The third-order valence-corrected chi connectivity index (χ3v) is 3.66. The largest absolute Gasteiger partial charge is 0.486 e. The summed E-state index contributed by atoms with van der Waals surface area (Å²) in [5, 5.41) is 10.1. The van der Waals surface area contributed by atoms with Gasteiger partial charge in [-0.3, -0.25) is 14.9 Å². The van der Waals surface area contributed by atoms with E-state index in [4.69, 9.17) is 32.7 Å². The Balaban J connectivity index is 2.26. The summed E-state index contributed by atoms with van der Waals surface area (Å²) in [7, 11) is 0. The maximum Gasteiger partial charge on any atom is 0.416 e. The van der Waals surface area contributed by atoms with Gasteiger partial charge in [-0.15, -0.1) is 0 Å². The number of hydrogen-bond donors (Lipinski definition) is 0. The fourth-order valence-electron chi connectivity index (χ4n) is 1.95. The summed E-state index contributed by atoms with van der Waals surface area (Å²) in [5.74, 6) is -0.242. The van der Waals surface area contributed by atoms with Crippen LogP contribution in [-0.4, -0.2) is 16.8 Å². The number of hydrogen-bond acceptors (Lipinski definition) is 5. The monoisotopic (exact) mass is 423 g/mol. The molecule has 0 radical (unpaired) electrons. The highest BCUT2D eigenvalue weighted by Crippen LogP contribution is 2.38. The van der Waals surface area contributed by atoms with Crippen LogP contribution in [0, 0.1) is 10.1 Å². The van der Waals surface area contributed by atoms with Gasteiger partial charge in [0.25, 0.3) is 0 Å². The molecule has 0 N–H and O–H groups in total. The minimum Gasteiger partial charge on any atom is -0.486 e. The topological polar surface area (TPSA) is 78.7 Å². The molecule has 0 spiro atoms. The number of rotatable bonds is 7. The summed E-state index contributed by atoms with van der Waals surface area (Å²) in [4.78, 5) is 21.1. The highest BCUT2D eigenvalue weighted by Gasteiger charge is 2.31. The van der Waals surface area contributed by atoms with E-state index in [0.717, 1.165) is 24.3 Å². The number of carbonyl (C=O) groups is 1. The molecule has 0 aliphatic rings. The molecule has 0 aromatic heterocycles. The Morgan fingerprint density at radius 3 is 2.41 bits per heavy atom. The molecule has 0 saturated heterocycles. The summed E-state index contributed by atoms with van der Waals surface area (Å²) < 4.78 is 48.5. The molecule has 0 aliphatic carbocycles. The third-order valence-electron chi connectivity index (χ3n) is 3.17. The summed E-state index contributed by atoms with van der Waals surface area (Å²) >= 11 is 11.0. The quantitative estimate of drug-likeness (QED) is 0.329. The lowest BCUT2D eigenvalue weighted by Gasteiger charge is -2.12. The molecule has 0 amide bonds. The van der Waals surface area contributed by atoms with Gasteiger partial charge in [0.2, 0.25) is 11.0 Å². The molecule has 2 rings (SSSR count). The first-order valence-corrected chi connectivity index (χ1v) is 7.97. The molecular weight excluding hydrogens is 414 g/mol. The van der Waals surface area contributed by atoms with Gasteiger partial charge in [0.1, 0.15) is 11.5 Å². The molecule has 0 unspecified atom stereocenters. The van der Waals surface area contributed by atoms with E-state index in [2.05, 4.69) is 0 Å². The van der Waals surface area contributed by atoms with Crippen LogP contribution < -0.4 is 9.47 Å². The van der Waals surface area contributed by atoms with Crippen LogP contribution >= 0.6 is 23.2 Å². The maximum atomic E-state index is 12.7. The highest BCUT2D eigenvalue weighted by molar-refractivity contribution is 6.63. The van der Waals surface area contributed by atoms with Gasteiger partial charge in [0.05, 0.1) is 28.5 Å². The Labute approximate surface area is 160 Å². The van der Waals surface area contributed by atoms with Gasteiger partial charge in [-0.1, -0.05) is 11.6 Å². The van der Waals surface area contributed by atoms with E-state index < -0.39 is 21.9 Å². The van der Waals surface area contributed by atoms with Crippen molar-refractivity contribution in [2.24, 2.45) is 0 Å². The van der Waals surface area contributed by atoms with Crippen LogP contribution in [-0.2, 0) is 11.0 Å². The number of nitrogens with zero attached hydrogens (tertiary/aromatic N) is 1. The van der Waals surface area contributed by atoms with E-state index in [9.17, 15) is 28.1 Å². The Morgan fingerprint density at radius 1 is 1.15 bits per heavy atom. The van der Waals surface area contributed by atoms with Crippen LogP contribution in [0.15, 0.2) is 36.4 Å². The van der Waals surface area contributed by atoms with Crippen LogP contribution in [0.2, 0.25) is 5.02 Å². The van der Waals surface area contributed by atoms with Gasteiger partial charge in [0, 0.05) is 12.1 Å². The first kappa shape index (κ1) is 20.8. The van der Waals surface area contributed by atoms with Gasteiger partial charge in [-0.25, -0.2) is 0 Å². The van der Waals surface area contributed by atoms with Crippen molar-refractivity contribution >= 4 is 34.1 Å². The van der Waals surface area contributed by atoms with E-state index in [-0.39, 0.29) is 41.0 Å². The Kier molecular flexibility index (Phi) is 6.50. The predicted octanol–water partition coefficient (Wildman–Crippen LogP) is 5.59. The molecule has 27 heavy (non-hydrogen) atoms. The van der Waals surface area contributed by atoms with E-state index in [0.29, 0.717) is 6.07 Å². The van der Waals surface area contributed by atoms with Crippen molar-refractivity contribution in [2.75, 3.05) is 6.61 Å². The first-order chi connectivity index (χ1) is 12.6. The zero-order valence-electron chi connectivity index (χ0n) is 13.3. The molecule has 144 valence electrons. The zero-order chi connectivity index (χ0) is 20.2. The van der Waals surface area contributed by atoms with Gasteiger partial charge in [-0.2, -0.15) is 13.2 Å². The maximum absolute atomic E-state index is 12.7. The Morgan fingerprint density at radius 2 is 1.85 bits per heavy atom. The molecule has 0 bridgehead atoms. The molecule has 11 heteroatoms. The van der Waals surface area contributed by atoms with E-state index >= 15 is 0 Å². The predicted molar refractivity (Wildman–Crippen MR) is 90.6 cm³/mol. The van der Waals surface area contributed by atoms with Crippen molar-refractivity contribution in [3.63, 3.8) is 0 Å². The number of nitro benzene ring substituents is 1. The van der Waals surface area contributed by atoms with Crippen LogP contribution in [0.4, 0.5) is 18.9 Å². The van der Waals surface area contributed by atoms with Crippen molar-refractivity contribution < 1.29 is 32.4 Å². The molecule has 2 aromatic rings. The molecule has 0 fully saturated rings. The third kappa shape index (κ3) is 5.73. The average Bonchev–Trinajstić information content (AvgIpc) is 2.55. The summed E-state index contributed by atoms with van der Waals surface area (Å²) in [6, 6.07) is 5.99. The fourth-order valence-corrected chi connectivity index (χ4v) is 2.25. The molecule has 0 saturated carbocycles. The first-order valence-electron chi connectivity index (χ1n) is 7.22. The van der Waals surface area contributed by atoms with E-state index in [1.807, 2.05) is 0 Å². The van der Waals surface area contributed by atoms with E-state index in [1.54, 1.807) is 0 Å². The van der Waals surface area contributed by atoms with Gasteiger partial charge < -0.3 is 9.47 Å². The molecular formula is C16H10Cl2F3NO5.